The van der Waals surface area contributed by atoms with E-state index in [1.807, 2.05) is 0 Å². The second-order valence-electron chi connectivity index (χ2n) is 8.75. The lowest BCUT2D eigenvalue weighted by Crippen LogP contribution is -2.42. The first-order valence-electron chi connectivity index (χ1n) is 10.6. The zero-order chi connectivity index (χ0) is 20.9. The molecule has 1 aromatic heterocycles. The van der Waals surface area contributed by atoms with Crippen molar-refractivity contribution in [1.82, 2.24) is 15.3 Å². The van der Waals surface area contributed by atoms with Crippen LogP contribution in [0.25, 0.3) is 0 Å². The standard InChI is InChI=1S/C23H26ClN5O/c1-15-23(10-11-26-14-23)17-5-4-16(6-9-22(30)7-2-3-8-22)12-19(17)29(15)20-18(24)13-27-21(25)28-20/h4-5,12-13,15,26,30H,2-3,7-8,10-11,14H2,1H3,(H2,25,27,28)/t15-,23?/m1/s1. The molecule has 1 unspecified atom stereocenters. The van der Waals surface area contributed by atoms with Crippen LogP contribution in [0.2, 0.25) is 5.02 Å². The lowest BCUT2D eigenvalue weighted by atomic mass is 9.76. The summed E-state index contributed by atoms with van der Waals surface area (Å²) in [4.78, 5) is 10.7. The molecule has 6 nitrogen and oxygen atoms in total. The molecule has 0 bridgehead atoms. The highest BCUT2D eigenvalue weighted by Gasteiger charge is 2.51. The van der Waals surface area contributed by atoms with Gasteiger partial charge in [-0.3, -0.25) is 0 Å². The fourth-order valence-electron chi connectivity index (χ4n) is 5.32. The highest BCUT2D eigenvalue weighted by Crippen LogP contribution is 2.52. The lowest BCUT2D eigenvalue weighted by Gasteiger charge is -2.33. The Morgan fingerprint density at radius 1 is 1.30 bits per heavy atom. The van der Waals surface area contributed by atoms with Crippen molar-refractivity contribution in [3.63, 3.8) is 0 Å². The molecule has 30 heavy (non-hydrogen) atoms. The van der Waals surface area contributed by atoms with E-state index in [9.17, 15) is 5.11 Å². The molecule has 1 aliphatic carbocycles. The number of nitrogens with two attached hydrogens (primary N) is 1. The molecular weight excluding hydrogens is 398 g/mol. The molecule has 1 saturated heterocycles. The molecule has 1 aromatic carbocycles. The number of benzene rings is 1. The smallest absolute Gasteiger partial charge is 0.222 e. The van der Waals surface area contributed by atoms with Gasteiger partial charge in [-0.15, -0.1) is 0 Å². The molecule has 5 rings (SSSR count). The molecule has 3 aliphatic rings. The highest BCUT2D eigenvalue weighted by atomic mass is 35.5. The average molecular weight is 424 g/mol. The second kappa shape index (κ2) is 7.12. The summed E-state index contributed by atoms with van der Waals surface area (Å²) in [6, 6.07) is 6.49. The Bertz CT molecular complexity index is 1050. The molecule has 156 valence electrons. The van der Waals surface area contributed by atoms with Crippen LogP contribution in [-0.2, 0) is 5.41 Å². The summed E-state index contributed by atoms with van der Waals surface area (Å²) in [5, 5.41) is 14.6. The van der Waals surface area contributed by atoms with E-state index in [-0.39, 0.29) is 17.4 Å². The minimum absolute atomic E-state index is 0.0199. The second-order valence-corrected chi connectivity index (χ2v) is 9.16. The van der Waals surface area contributed by atoms with Gasteiger partial charge in [0.2, 0.25) is 5.95 Å². The van der Waals surface area contributed by atoms with Crippen molar-refractivity contribution in [3.8, 4) is 11.8 Å². The number of fused-ring (bicyclic) bond motifs is 2. The number of nitrogen functional groups attached to an aromatic ring is 1. The van der Waals surface area contributed by atoms with Gasteiger partial charge in [-0.05, 0) is 63.3 Å². The van der Waals surface area contributed by atoms with Crippen molar-refractivity contribution in [3.05, 3.63) is 40.5 Å². The van der Waals surface area contributed by atoms with E-state index in [1.165, 1.54) is 5.56 Å². The van der Waals surface area contributed by atoms with E-state index in [0.717, 1.165) is 56.4 Å². The number of halogens is 1. The third-order valence-electron chi connectivity index (χ3n) is 7.01. The van der Waals surface area contributed by atoms with Gasteiger partial charge >= 0.3 is 0 Å². The fraction of sp³-hybridized carbons (Fsp3) is 0.478. The van der Waals surface area contributed by atoms with E-state index in [4.69, 9.17) is 17.3 Å². The first-order chi connectivity index (χ1) is 14.4. The van der Waals surface area contributed by atoms with Crippen LogP contribution in [0.1, 0.15) is 50.2 Å². The molecule has 2 aromatic rings. The summed E-state index contributed by atoms with van der Waals surface area (Å²) in [6.07, 6.45) is 6.16. The third kappa shape index (κ3) is 3.04. The predicted molar refractivity (Wildman–Crippen MR) is 119 cm³/mol. The van der Waals surface area contributed by atoms with Crippen LogP contribution in [0.4, 0.5) is 17.5 Å². The molecule has 2 atom stereocenters. The van der Waals surface area contributed by atoms with E-state index >= 15 is 0 Å². The zero-order valence-corrected chi connectivity index (χ0v) is 17.8. The van der Waals surface area contributed by atoms with E-state index in [1.54, 1.807) is 6.20 Å². The van der Waals surface area contributed by atoms with Crippen molar-refractivity contribution in [2.45, 2.75) is 56.1 Å². The van der Waals surface area contributed by atoms with Gasteiger partial charge in [-0.2, -0.15) is 4.98 Å². The molecule has 2 fully saturated rings. The number of aromatic nitrogens is 2. The number of hydrogen-bond acceptors (Lipinski definition) is 6. The number of nitrogens with zero attached hydrogens (tertiary/aromatic N) is 3. The topological polar surface area (TPSA) is 87.3 Å². The van der Waals surface area contributed by atoms with E-state index < -0.39 is 5.60 Å². The van der Waals surface area contributed by atoms with E-state index in [2.05, 4.69) is 57.1 Å². The Balaban J connectivity index is 1.62. The summed E-state index contributed by atoms with van der Waals surface area (Å²) in [7, 11) is 0. The van der Waals surface area contributed by atoms with Crippen molar-refractivity contribution in [2.24, 2.45) is 0 Å². The maximum absolute atomic E-state index is 10.6. The van der Waals surface area contributed by atoms with Crippen molar-refractivity contribution in [2.75, 3.05) is 23.7 Å². The third-order valence-corrected chi connectivity index (χ3v) is 7.28. The van der Waals surface area contributed by atoms with E-state index in [0.29, 0.717) is 10.8 Å². The number of aliphatic hydroxyl groups is 1. The lowest BCUT2D eigenvalue weighted by molar-refractivity contribution is 0.110. The Hall–Kier alpha value is -2.33. The Labute approximate surface area is 181 Å². The SMILES string of the molecule is C[C@H]1N(c2nc(N)ncc2Cl)c2cc(C#CC3(O)CCCC3)ccc2C12CCNC2. The largest absolute Gasteiger partial charge is 0.378 e. The minimum Gasteiger partial charge on any atom is -0.378 e. The Kier molecular flexibility index (Phi) is 4.66. The first kappa shape index (κ1) is 19.6. The quantitative estimate of drug-likeness (QED) is 0.611. The number of rotatable bonds is 1. The summed E-state index contributed by atoms with van der Waals surface area (Å²) in [6.45, 7) is 4.10. The average Bonchev–Trinajstić information content (AvgIpc) is 3.44. The van der Waals surface area contributed by atoms with Gasteiger partial charge in [0.25, 0.3) is 0 Å². The van der Waals surface area contributed by atoms with Crippen LogP contribution in [0.3, 0.4) is 0 Å². The van der Waals surface area contributed by atoms with Crippen LogP contribution < -0.4 is 16.0 Å². The van der Waals surface area contributed by atoms with Crippen molar-refractivity contribution < 1.29 is 5.11 Å². The van der Waals surface area contributed by atoms with Crippen LogP contribution in [0.5, 0.6) is 0 Å². The molecule has 1 saturated carbocycles. The summed E-state index contributed by atoms with van der Waals surface area (Å²) in [5.74, 6) is 7.16. The maximum atomic E-state index is 10.6. The van der Waals surface area contributed by atoms with Gasteiger partial charge in [0, 0.05) is 29.3 Å². The van der Waals surface area contributed by atoms with Gasteiger partial charge in [0.15, 0.2) is 5.82 Å². The monoisotopic (exact) mass is 423 g/mol. The maximum Gasteiger partial charge on any atom is 0.222 e. The summed E-state index contributed by atoms with van der Waals surface area (Å²) < 4.78 is 0. The summed E-state index contributed by atoms with van der Waals surface area (Å²) >= 11 is 6.51. The van der Waals surface area contributed by atoms with Gasteiger partial charge < -0.3 is 21.1 Å². The van der Waals surface area contributed by atoms with Crippen LogP contribution in [-0.4, -0.2) is 39.8 Å². The normalized spacial score (nSPS) is 26.6. The molecule has 0 amide bonds. The summed E-state index contributed by atoms with van der Waals surface area (Å²) in [5.41, 5.74) is 8.23. The molecule has 7 heteroatoms. The Morgan fingerprint density at radius 3 is 2.83 bits per heavy atom. The van der Waals surface area contributed by atoms with Crippen molar-refractivity contribution >= 4 is 29.1 Å². The molecule has 2 aliphatic heterocycles. The molecule has 0 radical (unpaired) electrons. The number of nitrogens with one attached hydrogen (secondary N) is 1. The molecule has 4 N–H and O–H groups in total. The predicted octanol–water partition coefficient (Wildman–Crippen LogP) is 3.14. The van der Waals surface area contributed by atoms with Crippen molar-refractivity contribution in [1.29, 1.82) is 0 Å². The number of hydrogen-bond donors (Lipinski definition) is 3. The van der Waals surface area contributed by atoms with Crippen LogP contribution in [0.15, 0.2) is 24.4 Å². The molecular formula is C23H26ClN5O. The highest BCUT2D eigenvalue weighted by molar-refractivity contribution is 6.33. The van der Waals surface area contributed by atoms with Gasteiger partial charge in [0.1, 0.15) is 10.6 Å². The first-order valence-corrected chi connectivity index (χ1v) is 11.0. The fourth-order valence-corrected chi connectivity index (χ4v) is 5.50. The van der Waals surface area contributed by atoms with Crippen LogP contribution >= 0.6 is 11.6 Å². The Morgan fingerprint density at radius 2 is 2.10 bits per heavy atom. The zero-order valence-electron chi connectivity index (χ0n) is 17.1. The molecule has 1 spiro atoms. The minimum atomic E-state index is -0.854. The van der Waals surface area contributed by atoms with Gasteiger partial charge in [-0.25, -0.2) is 4.98 Å². The van der Waals surface area contributed by atoms with Crippen LogP contribution in [0, 0.1) is 11.8 Å². The molecule has 3 heterocycles. The van der Waals surface area contributed by atoms with Gasteiger partial charge in [0.05, 0.1) is 6.20 Å². The van der Waals surface area contributed by atoms with Gasteiger partial charge in [-0.1, -0.05) is 29.5 Å². The number of anilines is 3.